The maximum atomic E-state index is 11.9. The summed E-state index contributed by atoms with van der Waals surface area (Å²) in [6.45, 7) is 4.53. The van der Waals surface area contributed by atoms with E-state index in [0.717, 1.165) is 39.9 Å². The van der Waals surface area contributed by atoms with Crippen LogP contribution in [0.25, 0.3) is 10.2 Å². The minimum absolute atomic E-state index is 0.269. The summed E-state index contributed by atoms with van der Waals surface area (Å²) in [5.41, 5.74) is 3.15. The molecule has 1 unspecified atom stereocenters. The molecule has 4 nitrogen and oxygen atoms in total. The van der Waals surface area contributed by atoms with Crippen molar-refractivity contribution in [2.45, 2.75) is 43.9 Å². The van der Waals surface area contributed by atoms with Crippen molar-refractivity contribution in [1.82, 2.24) is 9.97 Å². The molecule has 0 N–H and O–H groups in total. The molecule has 3 aromatic rings. The highest BCUT2D eigenvalue weighted by Crippen LogP contribution is 2.41. The van der Waals surface area contributed by atoms with Gasteiger partial charge in [0.2, 0.25) is 0 Å². The number of nitrogens with zero attached hydrogens (tertiary/aromatic N) is 2. The Balaban J connectivity index is 1.58. The van der Waals surface area contributed by atoms with Crippen LogP contribution in [-0.4, -0.2) is 22.5 Å². The number of thiophene rings is 1. The van der Waals surface area contributed by atoms with E-state index >= 15 is 0 Å². The van der Waals surface area contributed by atoms with Crippen LogP contribution >= 0.6 is 23.1 Å². The van der Waals surface area contributed by atoms with Crippen LogP contribution in [0.4, 0.5) is 0 Å². The fourth-order valence-corrected chi connectivity index (χ4v) is 5.89. The number of aryl methyl sites for hydroxylation is 1. The molecular weight excluding hydrogens is 376 g/mol. The summed E-state index contributed by atoms with van der Waals surface area (Å²) < 4.78 is 5.10. The van der Waals surface area contributed by atoms with Gasteiger partial charge >= 0.3 is 5.97 Å². The Hall–Kier alpha value is -1.92. The van der Waals surface area contributed by atoms with Gasteiger partial charge in [0.15, 0.2) is 0 Å². The molecule has 0 saturated carbocycles. The average molecular weight is 399 g/mol. The number of fused-ring (bicyclic) bond motifs is 3. The third kappa shape index (κ3) is 3.87. The highest BCUT2D eigenvalue weighted by atomic mass is 32.2. The van der Waals surface area contributed by atoms with E-state index in [2.05, 4.69) is 16.9 Å². The molecule has 0 aliphatic heterocycles. The average Bonchev–Trinajstić information content (AvgIpc) is 3.04. The summed E-state index contributed by atoms with van der Waals surface area (Å²) in [5, 5.41) is 2.30. The number of hydrogen-bond acceptors (Lipinski definition) is 6. The van der Waals surface area contributed by atoms with Gasteiger partial charge in [-0.1, -0.05) is 19.1 Å². The largest absolute Gasteiger partial charge is 0.462 e. The van der Waals surface area contributed by atoms with Crippen LogP contribution < -0.4 is 0 Å². The predicted molar refractivity (Wildman–Crippen MR) is 111 cm³/mol. The Morgan fingerprint density at radius 3 is 3.11 bits per heavy atom. The Morgan fingerprint density at radius 1 is 1.37 bits per heavy atom. The van der Waals surface area contributed by atoms with Gasteiger partial charge in [0.05, 0.1) is 12.2 Å². The molecule has 2 heterocycles. The molecule has 27 heavy (non-hydrogen) atoms. The van der Waals surface area contributed by atoms with Crippen molar-refractivity contribution in [3.63, 3.8) is 0 Å². The second-order valence-electron chi connectivity index (χ2n) is 6.92. The lowest BCUT2D eigenvalue weighted by Gasteiger charge is -2.18. The molecule has 0 spiro atoms. The van der Waals surface area contributed by atoms with Gasteiger partial charge in [0.25, 0.3) is 0 Å². The van der Waals surface area contributed by atoms with E-state index in [9.17, 15) is 4.79 Å². The van der Waals surface area contributed by atoms with E-state index in [1.165, 1.54) is 22.2 Å². The third-order valence-electron chi connectivity index (χ3n) is 4.87. The molecular formula is C21H22N2O2S2. The molecule has 2 aromatic heterocycles. The lowest BCUT2D eigenvalue weighted by atomic mass is 9.89. The lowest BCUT2D eigenvalue weighted by Crippen LogP contribution is -2.08. The Morgan fingerprint density at radius 2 is 2.26 bits per heavy atom. The normalized spacial score (nSPS) is 16.3. The van der Waals surface area contributed by atoms with Crippen molar-refractivity contribution in [1.29, 1.82) is 0 Å². The quantitative estimate of drug-likeness (QED) is 0.332. The van der Waals surface area contributed by atoms with Crippen molar-refractivity contribution >= 4 is 39.3 Å². The lowest BCUT2D eigenvalue weighted by molar-refractivity contribution is 0.0526. The smallest absolute Gasteiger partial charge is 0.338 e. The maximum Gasteiger partial charge on any atom is 0.338 e. The van der Waals surface area contributed by atoms with Gasteiger partial charge in [-0.15, -0.1) is 23.1 Å². The van der Waals surface area contributed by atoms with Gasteiger partial charge in [-0.05, 0) is 55.4 Å². The molecule has 0 amide bonds. The Labute approximate surface area is 167 Å². The van der Waals surface area contributed by atoms with Crippen molar-refractivity contribution in [2.24, 2.45) is 5.92 Å². The fourth-order valence-electron chi connectivity index (χ4n) is 3.51. The van der Waals surface area contributed by atoms with E-state index in [-0.39, 0.29) is 5.97 Å². The Kier molecular flexibility index (Phi) is 5.45. The van der Waals surface area contributed by atoms with Crippen LogP contribution in [0.2, 0.25) is 0 Å². The first-order valence-electron chi connectivity index (χ1n) is 9.29. The molecule has 0 bridgehead atoms. The summed E-state index contributed by atoms with van der Waals surface area (Å²) in [5.74, 6) is 1.25. The van der Waals surface area contributed by atoms with Crippen LogP contribution in [0.3, 0.4) is 0 Å². The number of benzene rings is 1. The number of carbonyl (C=O) groups is 1. The van der Waals surface area contributed by atoms with Gasteiger partial charge in [0, 0.05) is 16.0 Å². The van der Waals surface area contributed by atoms with Crippen LogP contribution in [0.5, 0.6) is 0 Å². The number of esters is 1. The first-order valence-corrected chi connectivity index (χ1v) is 11.1. The molecule has 0 saturated heterocycles. The molecule has 1 aliphatic carbocycles. The van der Waals surface area contributed by atoms with E-state index in [1.54, 1.807) is 24.2 Å². The highest BCUT2D eigenvalue weighted by molar-refractivity contribution is 7.98. The number of hydrogen-bond donors (Lipinski definition) is 0. The zero-order chi connectivity index (χ0) is 18.8. The summed E-state index contributed by atoms with van der Waals surface area (Å²) >= 11 is 3.54. The van der Waals surface area contributed by atoms with E-state index in [4.69, 9.17) is 4.74 Å². The van der Waals surface area contributed by atoms with Crippen LogP contribution in [0, 0.1) is 5.92 Å². The summed E-state index contributed by atoms with van der Waals surface area (Å²) in [6, 6.07) is 7.66. The second kappa shape index (κ2) is 7.98. The van der Waals surface area contributed by atoms with E-state index in [0.29, 0.717) is 12.2 Å². The second-order valence-corrected chi connectivity index (χ2v) is 8.97. The van der Waals surface area contributed by atoms with Gasteiger partial charge in [-0.2, -0.15) is 0 Å². The Bertz CT molecular complexity index is 983. The third-order valence-corrected chi connectivity index (χ3v) is 7.09. The standard InChI is InChI=1S/C21H22N2O2S2/c1-3-25-21(24)15-6-4-5-14(10-15)11-26-19-18-16-8-7-13(2)9-17(16)27-20(18)23-12-22-19/h4-6,10,12-13H,3,7-9,11H2,1-2H3. The van der Waals surface area contributed by atoms with Gasteiger partial charge in [0.1, 0.15) is 16.2 Å². The molecule has 0 radical (unpaired) electrons. The molecule has 1 aromatic carbocycles. The monoisotopic (exact) mass is 398 g/mol. The van der Waals surface area contributed by atoms with Gasteiger partial charge in [-0.25, -0.2) is 14.8 Å². The molecule has 0 fully saturated rings. The van der Waals surface area contributed by atoms with Crippen LogP contribution in [-0.2, 0) is 23.3 Å². The predicted octanol–water partition coefficient (Wildman–Crippen LogP) is 5.29. The van der Waals surface area contributed by atoms with Gasteiger partial charge < -0.3 is 4.74 Å². The van der Waals surface area contributed by atoms with Gasteiger partial charge in [-0.3, -0.25) is 0 Å². The summed E-state index contributed by atoms with van der Waals surface area (Å²) in [6.07, 6.45) is 5.18. The van der Waals surface area contributed by atoms with Crippen molar-refractivity contribution in [3.8, 4) is 0 Å². The van der Waals surface area contributed by atoms with Crippen LogP contribution in [0.1, 0.15) is 46.6 Å². The van der Waals surface area contributed by atoms with E-state index in [1.807, 2.05) is 36.5 Å². The zero-order valence-corrected chi connectivity index (χ0v) is 17.2. The topological polar surface area (TPSA) is 52.1 Å². The number of rotatable bonds is 5. The number of aromatic nitrogens is 2. The molecule has 140 valence electrons. The zero-order valence-electron chi connectivity index (χ0n) is 15.5. The number of ether oxygens (including phenoxy) is 1. The summed E-state index contributed by atoms with van der Waals surface area (Å²) in [4.78, 5) is 23.6. The van der Waals surface area contributed by atoms with E-state index < -0.39 is 0 Å². The molecule has 4 rings (SSSR count). The first kappa shape index (κ1) is 18.4. The highest BCUT2D eigenvalue weighted by Gasteiger charge is 2.23. The fraction of sp³-hybridized carbons (Fsp3) is 0.381. The SMILES string of the molecule is CCOC(=O)c1cccc(CSc2ncnc3sc4c(c23)CCC(C)C4)c1. The molecule has 1 aliphatic rings. The van der Waals surface area contributed by atoms with Crippen LogP contribution in [0.15, 0.2) is 35.6 Å². The maximum absolute atomic E-state index is 11.9. The number of thioether (sulfide) groups is 1. The molecule has 1 atom stereocenters. The van der Waals surface area contributed by atoms with Crippen molar-refractivity contribution in [3.05, 3.63) is 52.2 Å². The summed E-state index contributed by atoms with van der Waals surface area (Å²) in [7, 11) is 0. The van der Waals surface area contributed by atoms with Crippen molar-refractivity contribution in [2.75, 3.05) is 6.61 Å². The molecule has 6 heteroatoms. The minimum Gasteiger partial charge on any atom is -0.462 e. The van der Waals surface area contributed by atoms with Crippen molar-refractivity contribution < 1.29 is 9.53 Å². The minimum atomic E-state index is -0.269. The number of carbonyl (C=O) groups excluding carboxylic acids is 1. The first-order chi connectivity index (χ1) is 13.2.